The number of aliphatic hydroxyl groups is 1. The van der Waals surface area contributed by atoms with E-state index in [0.717, 1.165) is 12.8 Å². The predicted molar refractivity (Wildman–Crippen MR) is 61.0 cm³/mol. The SMILES string of the molecule is OC(c1ccccc1F)c1cncn1C1CC1. The zero-order chi connectivity index (χ0) is 11.8. The van der Waals surface area contributed by atoms with Crippen LogP contribution >= 0.6 is 0 Å². The lowest BCUT2D eigenvalue weighted by Gasteiger charge is -2.14. The molecule has 1 atom stereocenters. The van der Waals surface area contributed by atoms with Gasteiger partial charge in [-0.15, -0.1) is 0 Å². The van der Waals surface area contributed by atoms with Crippen LogP contribution in [0.2, 0.25) is 0 Å². The van der Waals surface area contributed by atoms with Crippen LogP contribution in [0.1, 0.15) is 36.2 Å². The first-order chi connectivity index (χ1) is 8.27. The van der Waals surface area contributed by atoms with Gasteiger partial charge in [0.25, 0.3) is 0 Å². The number of rotatable bonds is 3. The van der Waals surface area contributed by atoms with Crippen LogP contribution in [-0.4, -0.2) is 14.7 Å². The zero-order valence-electron chi connectivity index (χ0n) is 9.25. The molecule has 3 nitrogen and oxygen atoms in total. The smallest absolute Gasteiger partial charge is 0.129 e. The number of imidazole rings is 1. The van der Waals surface area contributed by atoms with Crippen LogP contribution in [0.4, 0.5) is 4.39 Å². The topological polar surface area (TPSA) is 38.1 Å². The van der Waals surface area contributed by atoms with Gasteiger partial charge in [-0.1, -0.05) is 18.2 Å². The fourth-order valence-corrected chi connectivity index (χ4v) is 2.04. The van der Waals surface area contributed by atoms with E-state index in [1.54, 1.807) is 30.7 Å². The molecule has 4 heteroatoms. The molecular weight excluding hydrogens is 219 g/mol. The Balaban J connectivity index is 1.98. The average Bonchev–Trinajstić information content (AvgIpc) is 3.07. The first-order valence-electron chi connectivity index (χ1n) is 5.71. The largest absolute Gasteiger partial charge is 0.382 e. The fraction of sp³-hybridized carbons (Fsp3) is 0.308. The van der Waals surface area contributed by atoms with Gasteiger partial charge in [-0.2, -0.15) is 0 Å². The van der Waals surface area contributed by atoms with Crippen LogP contribution < -0.4 is 0 Å². The van der Waals surface area contributed by atoms with Crippen molar-refractivity contribution in [2.45, 2.75) is 25.0 Å². The lowest BCUT2D eigenvalue weighted by molar-refractivity contribution is 0.204. The summed E-state index contributed by atoms with van der Waals surface area (Å²) in [4.78, 5) is 4.04. The minimum absolute atomic E-state index is 0.301. The number of halogens is 1. The highest BCUT2D eigenvalue weighted by atomic mass is 19.1. The molecule has 0 radical (unpaired) electrons. The van der Waals surface area contributed by atoms with Crippen molar-refractivity contribution in [3.8, 4) is 0 Å². The van der Waals surface area contributed by atoms with Crippen LogP contribution in [0.3, 0.4) is 0 Å². The predicted octanol–water partition coefficient (Wildman–Crippen LogP) is 2.44. The maximum Gasteiger partial charge on any atom is 0.129 e. The normalized spacial score (nSPS) is 17.1. The average molecular weight is 232 g/mol. The highest BCUT2D eigenvalue weighted by Crippen LogP contribution is 2.38. The van der Waals surface area contributed by atoms with Gasteiger partial charge in [0.15, 0.2) is 0 Å². The highest BCUT2D eigenvalue weighted by Gasteiger charge is 2.28. The van der Waals surface area contributed by atoms with Crippen molar-refractivity contribution in [3.63, 3.8) is 0 Å². The van der Waals surface area contributed by atoms with E-state index in [1.807, 2.05) is 4.57 Å². The van der Waals surface area contributed by atoms with Crippen molar-refractivity contribution in [1.29, 1.82) is 0 Å². The van der Waals surface area contributed by atoms with E-state index in [4.69, 9.17) is 0 Å². The minimum Gasteiger partial charge on any atom is -0.382 e. The molecule has 2 aromatic rings. The quantitative estimate of drug-likeness (QED) is 0.882. The van der Waals surface area contributed by atoms with Gasteiger partial charge in [0.1, 0.15) is 11.9 Å². The second-order valence-electron chi connectivity index (χ2n) is 4.38. The molecule has 17 heavy (non-hydrogen) atoms. The summed E-state index contributed by atoms with van der Waals surface area (Å²) in [6, 6.07) is 6.72. The summed E-state index contributed by atoms with van der Waals surface area (Å²) in [7, 11) is 0. The second-order valence-corrected chi connectivity index (χ2v) is 4.38. The number of nitrogens with zero attached hydrogens (tertiary/aromatic N) is 2. The molecule has 88 valence electrons. The Labute approximate surface area is 98.5 Å². The summed E-state index contributed by atoms with van der Waals surface area (Å²) in [5.74, 6) is -0.386. The fourth-order valence-electron chi connectivity index (χ4n) is 2.04. The van der Waals surface area contributed by atoms with E-state index in [2.05, 4.69) is 4.98 Å². The number of benzene rings is 1. The van der Waals surface area contributed by atoms with E-state index >= 15 is 0 Å². The third kappa shape index (κ3) is 1.85. The summed E-state index contributed by atoms with van der Waals surface area (Å²) in [5, 5.41) is 10.2. The Hall–Kier alpha value is -1.68. The molecule has 1 fully saturated rings. The van der Waals surface area contributed by atoms with Crippen LogP contribution in [-0.2, 0) is 0 Å². The summed E-state index contributed by atoms with van der Waals surface area (Å²) in [6.45, 7) is 0. The number of hydrogen-bond acceptors (Lipinski definition) is 2. The van der Waals surface area contributed by atoms with E-state index in [9.17, 15) is 9.50 Å². The maximum absolute atomic E-state index is 13.6. The standard InChI is InChI=1S/C13H13FN2O/c14-11-4-2-1-3-10(11)13(17)12-7-15-8-16(12)9-5-6-9/h1-4,7-9,13,17H,5-6H2. The van der Waals surface area contributed by atoms with Crippen LogP contribution in [0.5, 0.6) is 0 Å². The Kier molecular flexibility index (Phi) is 2.44. The molecule has 0 saturated heterocycles. The number of aromatic nitrogens is 2. The maximum atomic E-state index is 13.6. The van der Waals surface area contributed by atoms with Crippen molar-refractivity contribution < 1.29 is 9.50 Å². The van der Waals surface area contributed by atoms with Gasteiger partial charge in [-0.05, 0) is 18.9 Å². The Morgan fingerprint density at radius 1 is 1.35 bits per heavy atom. The first-order valence-corrected chi connectivity index (χ1v) is 5.71. The van der Waals surface area contributed by atoms with Gasteiger partial charge < -0.3 is 9.67 Å². The van der Waals surface area contributed by atoms with Crippen molar-refractivity contribution >= 4 is 0 Å². The van der Waals surface area contributed by atoms with Crippen LogP contribution in [0.25, 0.3) is 0 Å². The van der Waals surface area contributed by atoms with Gasteiger partial charge in [0, 0.05) is 11.6 Å². The Morgan fingerprint density at radius 2 is 2.12 bits per heavy atom. The third-order valence-electron chi connectivity index (χ3n) is 3.12. The molecule has 0 aliphatic heterocycles. The van der Waals surface area contributed by atoms with E-state index in [-0.39, 0.29) is 5.82 Å². The molecule has 1 aliphatic rings. The molecule has 1 aromatic carbocycles. The highest BCUT2D eigenvalue weighted by molar-refractivity contribution is 5.27. The minimum atomic E-state index is -0.945. The van der Waals surface area contributed by atoms with Crippen molar-refractivity contribution in [1.82, 2.24) is 9.55 Å². The summed E-state index contributed by atoms with van der Waals surface area (Å²) in [6.07, 6.45) is 4.58. The molecule has 3 rings (SSSR count). The van der Waals surface area contributed by atoms with Crippen LogP contribution in [0, 0.1) is 5.82 Å². The molecule has 1 heterocycles. The second kappa shape index (κ2) is 3.96. The van der Waals surface area contributed by atoms with Crippen molar-refractivity contribution in [2.75, 3.05) is 0 Å². The van der Waals surface area contributed by atoms with Crippen molar-refractivity contribution in [2.24, 2.45) is 0 Å². The summed E-state index contributed by atoms with van der Waals surface area (Å²) >= 11 is 0. The molecule has 0 spiro atoms. The number of aliphatic hydroxyl groups excluding tert-OH is 1. The lowest BCUT2D eigenvalue weighted by atomic mass is 10.1. The van der Waals surface area contributed by atoms with E-state index in [1.165, 1.54) is 6.07 Å². The van der Waals surface area contributed by atoms with Gasteiger partial charge in [0.2, 0.25) is 0 Å². The monoisotopic (exact) mass is 232 g/mol. The Morgan fingerprint density at radius 3 is 2.82 bits per heavy atom. The number of hydrogen-bond donors (Lipinski definition) is 1. The van der Waals surface area contributed by atoms with Gasteiger partial charge >= 0.3 is 0 Å². The molecule has 1 N–H and O–H groups in total. The molecule has 1 aromatic heterocycles. The van der Waals surface area contributed by atoms with E-state index in [0.29, 0.717) is 17.3 Å². The van der Waals surface area contributed by atoms with Crippen LogP contribution in [0.15, 0.2) is 36.8 Å². The lowest BCUT2D eigenvalue weighted by Crippen LogP contribution is -2.08. The first kappa shape index (κ1) is 10.5. The van der Waals surface area contributed by atoms with E-state index < -0.39 is 6.10 Å². The van der Waals surface area contributed by atoms with Crippen molar-refractivity contribution in [3.05, 3.63) is 53.9 Å². The molecule has 1 saturated carbocycles. The molecular formula is C13H13FN2O. The molecule has 0 amide bonds. The molecule has 1 unspecified atom stereocenters. The van der Waals surface area contributed by atoms with Gasteiger partial charge in [-0.3, -0.25) is 0 Å². The summed E-state index contributed by atoms with van der Waals surface area (Å²) in [5.41, 5.74) is 0.965. The summed E-state index contributed by atoms with van der Waals surface area (Å²) < 4.78 is 15.5. The Bertz CT molecular complexity index is 534. The van der Waals surface area contributed by atoms with Gasteiger partial charge in [-0.25, -0.2) is 9.37 Å². The third-order valence-corrected chi connectivity index (χ3v) is 3.12. The van der Waals surface area contributed by atoms with Gasteiger partial charge in [0.05, 0.1) is 18.2 Å². The molecule has 0 bridgehead atoms. The molecule has 1 aliphatic carbocycles. The zero-order valence-corrected chi connectivity index (χ0v) is 9.25.